The molecule has 0 aliphatic heterocycles. The molecule has 24 heavy (non-hydrogen) atoms. The number of nitrogens with one attached hydrogen (secondary N) is 1. The average molecular weight is 347 g/mol. The molecule has 5 nitrogen and oxygen atoms in total. The molecule has 0 aromatic heterocycles. The number of hydrogen-bond donors (Lipinski definition) is 1. The van der Waals surface area contributed by atoms with Crippen LogP contribution in [0.5, 0.6) is 0 Å². The molecule has 0 saturated carbocycles. The Morgan fingerprint density at radius 1 is 1.17 bits per heavy atom. The Kier molecular flexibility index (Phi) is 5.75. The zero-order valence-electron chi connectivity index (χ0n) is 13.9. The van der Waals surface area contributed by atoms with Gasteiger partial charge < -0.3 is 4.74 Å². The number of esters is 1. The van der Waals surface area contributed by atoms with E-state index in [0.717, 1.165) is 5.56 Å². The third kappa shape index (κ3) is 4.21. The first-order valence-corrected chi connectivity index (χ1v) is 9.07. The summed E-state index contributed by atoms with van der Waals surface area (Å²) in [5.74, 6) is -0.441. The SMILES string of the molecule is COC(=O)c1ccc(S(=O)(=O)NCC(C)c2ccccc2)c(C)c1. The maximum absolute atomic E-state index is 12.5. The largest absolute Gasteiger partial charge is 0.465 e. The number of benzene rings is 2. The second kappa shape index (κ2) is 7.59. The van der Waals surface area contributed by atoms with E-state index in [-0.39, 0.29) is 10.8 Å². The molecule has 0 aliphatic rings. The summed E-state index contributed by atoms with van der Waals surface area (Å²) >= 11 is 0. The normalized spacial score (nSPS) is 12.6. The Morgan fingerprint density at radius 3 is 2.42 bits per heavy atom. The lowest BCUT2D eigenvalue weighted by molar-refractivity contribution is 0.0600. The van der Waals surface area contributed by atoms with Gasteiger partial charge in [0, 0.05) is 6.54 Å². The van der Waals surface area contributed by atoms with Gasteiger partial charge in [0.15, 0.2) is 0 Å². The van der Waals surface area contributed by atoms with E-state index in [9.17, 15) is 13.2 Å². The van der Waals surface area contributed by atoms with Crippen molar-refractivity contribution in [1.82, 2.24) is 4.72 Å². The first kappa shape index (κ1) is 18.2. The highest BCUT2D eigenvalue weighted by atomic mass is 32.2. The molecular formula is C18H21NO4S. The van der Waals surface area contributed by atoms with Crippen molar-refractivity contribution in [3.8, 4) is 0 Å². The van der Waals surface area contributed by atoms with E-state index in [2.05, 4.69) is 9.46 Å². The van der Waals surface area contributed by atoms with Crippen molar-refractivity contribution in [3.05, 3.63) is 65.2 Å². The Bertz CT molecular complexity index is 816. The third-order valence-corrected chi connectivity index (χ3v) is 5.42. The van der Waals surface area contributed by atoms with Crippen LogP contribution in [0.1, 0.15) is 34.3 Å². The molecule has 6 heteroatoms. The van der Waals surface area contributed by atoms with Crippen molar-refractivity contribution in [2.45, 2.75) is 24.7 Å². The lowest BCUT2D eigenvalue weighted by Gasteiger charge is -2.15. The summed E-state index contributed by atoms with van der Waals surface area (Å²) < 4.78 is 32.3. The van der Waals surface area contributed by atoms with Crippen molar-refractivity contribution in [2.24, 2.45) is 0 Å². The molecule has 0 amide bonds. The molecule has 2 aromatic rings. The summed E-state index contributed by atoms with van der Waals surface area (Å²) in [7, 11) is -2.36. The fraction of sp³-hybridized carbons (Fsp3) is 0.278. The number of sulfonamides is 1. The summed E-state index contributed by atoms with van der Waals surface area (Å²) in [6.07, 6.45) is 0. The van der Waals surface area contributed by atoms with Gasteiger partial charge in [0.05, 0.1) is 17.6 Å². The summed E-state index contributed by atoms with van der Waals surface area (Å²) in [6, 6.07) is 14.1. The standard InChI is InChI=1S/C18H21NO4S/c1-13-11-16(18(20)23-3)9-10-17(13)24(21,22)19-12-14(2)15-7-5-4-6-8-15/h4-11,14,19H,12H2,1-3H3. The number of methoxy groups -OCH3 is 1. The number of aryl methyl sites for hydroxylation is 1. The predicted octanol–water partition coefficient (Wildman–Crippen LogP) is 2.86. The van der Waals surface area contributed by atoms with Crippen molar-refractivity contribution < 1.29 is 17.9 Å². The van der Waals surface area contributed by atoms with Crippen LogP contribution in [0, 0.1) is 6.92 Å². The third-order valence-electron chi connectivity index (χ3n) is 3.83. The van der Waals surface area contributed by atoms with Gasteiger partial charge in [0.25, 0.3) is 0 Å². The van der Waals surface area contributed by atoms with E-state index in [0.29, 0.717) is 17.7 Å². The van der Waals surface area contributed by atoms with Gasteiger partial charge in [0.1, 0.15) is 0 Å². The molecule has 0 fully saturated rings. The lowest BCUT2D eigenvalue weighted by atomic mass is 10.0. The van der Waals surface area contributed by atoms with Gasteiger partial charge in [-0.2, -0.15) is 0 Å². The second-order valence-electron chi connectivity index (χ2n) is 5.64. The number of hydrogen-bond acceptors (Lipinski definition) is 4. The highest BCUT2D eigenvalue weighted by Crippen LogP contribution is 2.19. The molecule has 0 spiro atoms. The molecule has 0 heterocycles. The molecule has 1 unspecified atom stereocenters. The van der Waals surface area contributed by atoms with Gasteiger partial charge in [-0.3, -0.25) is 0 Å². The molecule has 0 aliphatic carbocycles. The van der Waals surface area contributed by atoms with Crippen LogP contribution in [0.2, 0.25) is 0 Å². The zero-order valence-corrected chi connectivity index (χ0v) is 14.8. The quantitative estimate of drug-likeness (QED) is 0.816. The molecular weight excluding hydrogens is 326 g/mol. The first-order chi connectivity index (χ1) is 11.3. The maximum Gasteiger partial charge on any atom is 0.337 e. The summed E-state index contributed by atoms with van der Waals surface area (Å²) in [5, 5.41) is 0. The monoisotopic (exact) mass is 347 g/mol. The summed E-state index contributed by atoms with van der Waals surface area (Å²) in [5.41, 5.74) is 1.89. The minimum Gasteiger partial charge on any atom is -0.465 e. The van der Waals surface area contributed by atoms with Crippen molar-refractivity contribution >= 4 is 16.0 Å². The molecule has 0 saturated heterocycles. The van der Waals surface area contributed by atoms with Gasteiger partial charge >= 0.3 is 5.97 Å². The van der Waals surface area contributed by atoms with Crippen LogP contribution in [-0.2, 0) is 14.8 Å². The van der Waals surface area contributed by atoms with E-state index >= 15 is 0 Å². The molecule has 0 bridgehead atoms. The molecule has 0 radical (unpaired) electrons. The van der Waals surface area contributed by atoms with E-state index in [1.807, 2.05) is 37.3 Å². The molecule has 1 N–H and O–H groups in total. The smallest absolute Gasteiger partial charge is 0.337 e. The molecule has 1 atom stereocenters. The Labute approximate surface area is 142 Å². The van der Waals surface area contributed by atoms with E-state index in [1.54, 1.807) is 6.92 Å². The number of carbonyl (C=O) groups excluding carboxylic acids is 1. The van der Waals surface area contributed by atoms with Crippen LogP contribution in [-0.4, -0.2) is 28.0 Å². The fourth-order valence-corrected chi connectivity index (χ4v) is 3.76. The Morgan fingerprint density at radius 2 is 1.83 bits per heavy atom. The van der Waals surface area contributed by atoms with Gasteiger partial charge in [-0.15, -0.1) is 0 Å². The highest BCUT2D eigenvalue weighted by molar-refractivity contribution is 7.89. The highest BCUT2D eigenvalue weighted by Gasteiger charge is 2.19. The van der Waals surface area contributed by atoms with Crippen molar-refractivity contribution in [2.75, 3.05) is 13.7 Å². The van der Waals surface area contributed by atoms with E-state index < -0.39 is 16.0 Å². The van der Waals surface area contributed by atoms with E-state index in [1.165, 1.54) is 25.3 Å². The van der Waals surface area contributed by atoms with Crippen LogP contribution in [0.25, 0.3) is 0 Å². The van der Waals surface area contributed by atoms with Gasteiger partial charge in [-0.25, -0.2) is 17.9 Å². The predicted molar refractivity (Wildman–Crippen MR) is 92.6 cm³/mol. The average Bonchev–Trinajstić information content (AvgIpc) is 2.59. The number of ether oxygens (including phenoxy) is 1. The first-order valence-electron chi connectivity index (χ1n) is 7.58. The summed E-state index contributed by atoms with van der Waals surface area (Å²) in [4.78, 5) is 11.7. The van der Waals surface area contributed by atoms with E-state index in [4.69, 9.17) is 0 Å². The minimum atomic E-state index is -3.65. The summed E-state index contributed by atoms with van der Waals surface area (Å²) in [6.45, 7) is 3.91. The van der Waals surface area contributed by atoms with Crippen LogP contribution >= 0.6 is 0 Å². The molecule has 2 aromatic carbocycles. The zero-order chi connectivity index (χ0) is 17.7. The maximum atomic E-state index is 12.5. The Balaban J connectivity index is 2.14. The van der Waals surface area contributed by atoms with Crippen molar-refractivity contribution in [1.29, 1.82) is 0 Å². The second-order valence-corrected chi connectivity index (χ2v) is 7.37. The topological polar surface area (TPSA) is 72.5 Å². The van der Waals surface area contributed by atoms with Crippen LogP contribution in [0.15, 0.2) is 53.4 Å². The molecule has 2 rings (SSSR count). The van der Waals surface area contributed by atoms with Gasteiger partial charge in [-0.1, -0.05) is 37.3 Å². The minimum absolute atomic E-state index is 0.0515. The van der Waals surface area contributed by atoms with Gasteiger partial charge in [0.2, 0.25) is 10.0 Å². The fourth-order valence-electron chi connectivity index (χ4n) is 2.41. The number of carbonyl (C=O) groups is 1. The molecule has 128 valence electrons. The van der Waals surface area contributed by atoms with Crippen LogP contribution in [0.3, 0.4) is 0 Å². The van der Waals surface area contributed by atoms with Crippen LogP contribution in [0.4, 0.5) is 0 Å². The van der Waals surface area contributed by atoms with Crippen LogP contribution < -0.4 is 4.72 Å². The van der Waals surface area contributed by atoms with Gasteiger partial charge in [-0.05, 0) is 42.2 Å². The lowest BCUT2D eigenvalue weighted by Crippen LogP contribution is -2.28. The number of rotatable bonds is 6. The Hall–Kier alpha value is -2.18. The van der Waals surface area contributed by atoms with Crippen molar-refractivity contribution in [3.63, 3.8) is 0 Å².